The van der Waals surface area contributed by atoms with Gasteiger partial charge in [0.05, 0.1) is 17.8 Å². The summed E-state index contributed by atoms with van der Waals surface area (Å²) in [6.45, 7) is 2.81. The van der Waals surface area contributed by atoms with Crippen LogP contribution < -0.4 is 5.32 Å². The second-order valence-electron chi connectivity index (χ2n) is 9.24. The average Bonchev–Trinajstić information content (AvgIpc) is 2.90. The molecule has 2 aliphatic carbocycles. The Morgan fingerprint density at radius 1 is 0.929 bits per heavy atom. The molecule has 1 heterocycles. The van der Waals surface area contributed by atoms with E-state index in [1.54, 1.807) is 0 Å². The summed E-state index contributed by atoms with van der Waals surface area (Å²) in [6.07, 6.45) is 17.7. The van der Waals surface area contributed by atoms with Crippen molar-refractivity contribution >= 4 is 11.9 Å². The predicted octanol–water partition coefficient (Wildman–Crippen LogP) is 4.69. The van der Waals surface area contributed by atoms with Crippen LogP contribution in [0.15, 0.2) is 0 Å². The van der Waals surface area contributed by atoms with Gasteiger partial charge in [0.15, 0.2) is 0 Å². The van der Waals surface area contributed by atoms with E-state index < -0.39 is 5.54 Å². The number of nitrogens with one attached hydrogen (secondary N) is 1. The van der Waals surface area contributed by atoms with Gasteiger partial charge in [-0.25, -0.2) is 0 Å². The topological polar surface area (TPSA) is 58.6 Å². The van der Waals surface area contributed by atoms with Crippen LogP contribution in [0.3, 0.4) is 0 Å². The first kappa shape index (κ1) is 21.6. The maximum absolute atomic E-state index is 13.4. The monoisotopic (exact) mass is 392 g/mol. The van der Waals surface area contributed by atoms with Gasteiger partial charge in [-0.05, 0) is 44.9 Å². The number of nitrogens with zero attached hydrogens (tertiary/aromatic N) is 1. The zero-order valence-corrected chi connectivity index (χ0v) is 17.9. The van der Waals surface area contributed by atoms with Crippen LogP contribution in [0.5, 0.6) is 0 Å². The van der Waals surface area contributed by atoms with Crippen LogP contribution in [-0.2, 0) is 14.3 Å². The highest BCUT2D eigenvalue weighted by atomic mass is 16.5. The minimum Gasteiger partial charge on any atom is -0.464 e. The van der Waals surface area contributed by atoms with Gasteiger partial charge < -0.3 is 9.64 Å². The Morgan fingerprint density at radius 2 is 1.54 bits per heavy atom. The van der Waals surface area contributed by atoms with Gasteiger partial charge in [-0.15, -0.1) is 0 Å². The predicted molar refractivity (Wildman–Crippen MR) is 111 cm³/mol. The number of amides is 1. The zero-order chi connectivity index (χ0) is 19.9. The lowest BCUT2D eigenvalue weighted by atomic mass is 9.81. The average molecular weight is 393 g/mol. The number of ether oxygens (including phenoxy) is 1. The molecule has 160 valence electrons. The highest BCUT2D eigenvalue weighted by Gasteiger charge is 2.58. The molecule has 0 aromatic carbocycles. The molecule has 2 saturated carbocycles. The molecule has 1 aliphatic heterocycles. The maximum Gasteiger partial charge on any atom is 0.325 e. The van der Waals surface area contributed by atoms with Crippen LogP contribution in [0.1, 0.15) is 110 Å². The minimum absolute atomic E-state index is 0.115. The smallest absolute Gasteiger partial charge is 0.325 e. The molecular formula is C23H40N2O3. The Morgan fingerprint density at radius 3 is 2.21 bits per heavy atom. The number of hydrogen-bond acceptors (Lipinski definition) is 4. The van der Waals surface area contributed by atoms with Crippen molar-refractivity contribution in [2.45, 2.75) is 121 Å². The molecule has 0 radical (unpaired) electrons. The van der Waals surface area contributed by atoms with Crippen LogP contribution in [0.4, 0.5) is 0 Å². The maximum atomic E-state index is 13.4. The molecule has 2 spiro atoms. The van der Waals surface area contributed by atoms with Crippen LogP contribution >= 0.6 is 0 Å². The normalized spacial score (nSPS) is 23.5. The van der Waals surface area contributed by atoms with Crippen LogP contribution in [0.25, 0.3) is 0 Å². The van der Waals surface area contributed by atoms with E-state index in [1.807, 2.05) is 4.90 Å². The van der Waals surface area contributed by atoms with Crippen molar-refractivity contribution < 1.29 is 14.3 Å². The Bertz CT molecular complexity index is 522. The first-order valence-electron chi connectivity index (χ1n) is 11.9. The Labute approximate surface area is 170 Å². The van der Waals surface area contributed by atoms with Gasteiger partial charge in [0.25, 0.3) is 0 Å². The Hall–Kier alpha value is -1.10. The van der Waals surface area contributed by atoms with E-state index in [4.69, 9.17) is 4.74 Å². The van der Waals surface area contributed by atoms with Crippen molar-refractivity contribution in [1.82, 2.24) is 10.2 Å². The summed E-state index contributed by atoms with van der Waals surface area (Å²) in [5.41, 5.74) is -0.735. The zero-order valence-electron chi connectivity index (χ0n) is 17.9. The van der Waals surface area contributed by atoms with Crippen molar-refractivity contribution in [2.24, 2.45) is 0 Å². The molecule has 1 saturated heterocycles. The van der Waals surface area contributed by atoms with Gasteiger partial charge >= 0.3 is 5.97 Å². The van der Waals surface area contributed by atoms with Crippen molar-refractivity contribution in [2.75, 3.05) is 13.2 Å². The summed E-state index contributed by atoms with van der Waals surface area (Å²) in [4.78, 5) is 27.8. The number of carbonyl (C=O) groups is 2. The molecule has 5 nitrogen and oxygen atoms in total. The first-order valence-corrected chi connectivity index (χ1v) is 11.9. The number of carbonyl (C=O) groups excluding carboxylic acids is 2. The number of hydrogen-bond donors (Lipinski definition) is 1. The Balaban J connectivity index is 1.54. The molecule has 3 aliphatic rings. The molecule has 0 aromatic heterocycles. The molecule has 0 atom stereocenters. The molecule has 0 unspecified atom stereocenters. The fourth-order valence-corrected chi connectivity index (χ4v) is 5.51. The van der Waals surface area contributed by atoms with Gasteiger partial charge in [-0.1, -0.05) is 64.7 Å². The standard InChI is InChI=1S/C23H40N2O3/c1-2-3-4-5-6-13-18-28-20(26)19-25-21(27)22(14-9-7-10-15-22)24-23(25)16-11-8-12-17-23/h24H,2-19H2,1H3. The quantitative estimate of drug-likeness (QED) is 0.457. The second-order valence-corrected chi connectivity index (χ2v) is 9.24. The largest absolute Gasteiger partial charge is 0.464 e. The van der Waals surface area contributed by atoms with Crippen molar-refractivity contribution in [3.63, 3.8) is 0 Å². The van der Waals surface area contributed by atoms with Crippen molar-refractivity contribution in [3.8, 4) is 0 Å². The summed E-state index contributed by atoms with van der Waals surface area (Å²) in [5.74, 6) is -0.0767. The third kappa shape index (κ3) is 4.90. The lowest BCUT2D eigenvalue weighted by Crippen LogP contribution is -2.57. The summed E-state index contributed by atoms with van der Waals surface area (Å²) < 4.78 is 5.51. The molecule has 5 heteroatoms. The van der Waals surface area contributed by atoms with E-state index >= 15 is 0 Å². The summed E-state index contributed by atoms with van der Waals surface area (Å²) in [7, 11) is 0. The number of esters is 1. The van der Waals surface area contributed by atoms with Gasteiger partial charge in [0.1, 0.15) is 6.54 Å². The second kappa shape index (κ2) is 10.1. The van der Waals surface area contributed by atoms with Crippen molar-refractivity contribution in [3.05, 3.63) is 0 Å². The van der Waals surface area contributed by atoms with Gasteiger partial charge in [-0.3, -0.25) is 14.9 Å². The summed E-state index contributed by atoms with van der Waals surface area (Å²) in [6, 6.07) is 0. The molecule has 1 amide bonds. The van der Waals surface area contributed by atoms with Crippen LogP contribution in [0.2, 0.25) is 0 Å². The minimum atomic E-state index is -0.421. The Kier molecular flexibility index (Phi) is 7.78. The molecule has 0 aromatic rings. The van der Waals surface area contributed by atoms with Crippen LogP contribution in [-0.4, -0.2) is 41.1 Å². The van der Waals surface area contributed by atoms with E-state index in [0.717, 1.165) is 64.2 Å². The van der Waals surface area contributed by atoms with E-state index in [1.165, 1.54) is 38.5 Å². The molecule has 3 fully saturated rings. The molecule has 1 N–H and O–H groups in total. The molecule has 0 bridgehead atoms. The number of unbranched alkanes of at least 4 members (excludes halogenated alkanes) is 5. The summed E-state index contributed by atoms with van der Waals surface area (Å²) >= 11 is 0. The van der Waals surface area contributed by atoms with E-state index in [9.17, 15) is 9.59 Å². The third-order valence-corrected chi connectivity index (χ3v) is 7.08. The SMILES string of the molecule is CCCCCCCCOC(=O)CN1C(=O)C2(CCCCC2)NC12CCCCC2. The molecule has 3 rings (SSSR count). The fourth-order valence-electron chi connectivity index (χ4n) is 5.51. The highest BCUT2D eigenvalue weighted by Crippen LogP contribution is 2.44. The van der Waals surface area contributed by atoms with Gasteiger partial charge in [0, 0.05) is 0 Å². The fraction of sp³-hybridized carbons (Fsp3) is 0.913. The van der Waals surface area contributed by atoms with Crippen LogP contribution in [0, 0.1) is 0 Å². The van der Waals surface area contributed by atoms with E-state index in [0.29, 0.717) is 6.61 Å². The molecule has 28 heavy (non-hydrogen) atoms. The summed E-state index contributed by atoms with van der Waals surface area (Å²) in [5, 5.41) is 3.79. The van der Waals surface area contributed by atoms with E-state index in [-0.39, 0.29) is 24.1 Å². The van der Waals surface area contributed by atoms with Gasteiger partial charge in [-0.2, -0.15) is 0 Å². The third-order valence-electron chi connectivity index (χ3n) is 7.08. The molecular weight excluding hydrogens is 352 g/mol. The first-order chi connectivity index (χ1) is 13.6. The lowest BCUT2D eigenvalue weighted by Gasteiger charge is -2.41. The highest BCUT2D eigenvalue weighted by molar-refractivity contribution is 5.92. The van der Waals surface area contributed by atoms with Gasteiger partial charge in [0.2, 0.25) is 5.91 Å². The van der Waals surface area contributed by atoms with Crippen molar-refractivity contribution in [1.29, 1.82) is 0 Å². The number of rotatable bonds is 9. The van der Waals surface area contributed by atoms with E-state index in [2.05, 4.69) is 12.2 Å². The lowest BCUT2D eigenvalue weighted by molar-refractivity contribution is -0.152.